The molecule has 0 fully saturated rings. The summed E-state index contributed by atoms with van der Waals surface area (Å²) in [5.74, 6) is 1.25. The molecule has 4 nitrogen and oxygen atoms in total. The van der Waals surface area contributed by atoms with Crippen LogP contribution in [-0.4, -0.2) is 17.1 Å². The maximum Gasteiger partial charge on any atom is 0.213 e. The number of nitrogens with zero attached hydrogens (tertiary/aromatic N) is 2. The minimum absolute atomic E-state index is 0.255. The zero-order chi connectivity index (χ0) is 15.1. The minimum Gasteiger partial charge on any atom is -0.481 e. The van der Waals surface area contributed by atoms with E-state index < -0.39 is 0 Å². The van der Waals surface area contributed by atoms with Crippen LogP contribution in [0, 0.1) is 5.92 Å². The van der Waals surface area contributed by atoms with Crippen LogP contribution in [0.25, 0.3) is 0 Å². The van der Waals surface area contributed by atoms with E-state index in [1.807, 2.05) is 30.5 Å². The lowest BCUT2D eigenvalue weighted by molar-refractivity contribution is 0.395. The van der Waals surface area contributed by atoms with Gasteiger partial charge in [-0.3, -0.25) is 4.98 Å². The molecule has 0 amide bonds. The fourth-order valence-electron chi connectivity index (χ4n) is 2.28. The average Bonchev–Trinajstić information content (AvgIpc) is 2.52. The lowest BCUT2D eigenvalue weighted by atomic mass is 10.0. The molecule has 2 aromatic rings. The maximum absolute atomic E-state index is 5.16. The van der Waals surface area contributed by atoms with Crippen LogP contribution in [0.1, 0.15) is 37.6 Å². The van der Waals surface area contributed by atoms with Gasteiger partial charge in [-0.1, -0.05) is 19.9 Å². The molecule has 0 aliphatic heterocycles. The number of aromatic nitrogens is 2. The first kappa shape index (κ1) is 15.4. The zero-order valence-electron chi connectivity index (χ0n) is 12.9. The summed E-state index contributed by atoms with van der Waals surface area (Å²) in [5, 5.41) is 3.59. The Hall–Kier alpha value is -1.94. The number of pyridine rings is 2. The summed E-state index contributed by atoms with van der Waals surface area (Å²) in [7, 11) is 1.63. The van der Waals surface area contributed by atoms with Crippen molar-refractivity contribution in [3.8, 4) is 5.88 Å². The first-order chi connectivity index (χ1) is 10.2. The molecule has 0 radical (unpaired) electrons. The van der Waals surface area contributed by atoms with Gasteiger partial charge in [0.1, 0.15) is 0 Å². The monoisotopic (exact) mass is 285 g/mol. The SMILES string of the molecule is COc1cc(CNC(CC(C)C)c2ccccn2)ccn1. The van der Waals surface area contributed by atoms with Gasteiger partial charge in [0, 0.05) is 31.0 Å². The van der Waals surface area contributed by atoms with Crippen LogP contribution in [0.5, 0.6) is 5.88 Å². The second-order valence-electron chi connectivity index (χ2n) is 5.52. The standard InChI is InChI=1S/C17H23N3O/c1-13(2)10-16(15-6-4-5-8-18-15)20-12-14-7-9-19-17(11-14)21-3/h4-9,11,13,16,20H,10,12H2,1-3H3. The highest BCUT2D eigenvalue weighted by Crippen LogP contribution is 2.20. The number of hydrogen-bond acceptors (Lipinski definition) is 4. The highest BCUT2D eigenvalue weighted by molar-refractivity contribution is 5.20. The summed E-state index contributed by atoms with van der Waals surface area (Å²) in [6.07, 6.45) is 4.67. The van der Waals surface area contributed by atoms with Crippen LogP contribution in [0.3, 0.4) is 0 Å². The highest BCUT2D eigenvalue weighted by atomic mass is 16.5. The van der Waals surface area contributed by atoms with Gasteiger partial charge in [-0.05, 0) is 36.1 Å². The van der Waals surface area contributed by atoms with E-state index >= 15 is 0 Å². The topological polar surface area (TPSA) is 47.0 Å². The molecule has 1 atom stereocenters. The molecule has 0 aliphatic rings. The molecular formula is C17H23N3O. The summed E-state index contributed by atoms with van der Waals surface area (Å²) in [4.78, 5) is 8.61. The van der Waals surface area contributed by atoms with Gasteiger partial charge in [0.15, 0.2) is 0 Å². The predicted molar refractivity (Wildman–Crippen MR) is 84.1 cm³/mol. The fourth-order valence-corrected chi connectivity index (χ4v) is 2.28. The molecule has 1 unspecified atom stereocenters. The van der Waals surface area contributed by atoms with Crippen LogP contribution < -0.4 is 10.1 Å². The third kappa shape index (κ3) is 4.83. The lowest BCUT2D eigenvalue weighted by Crippen LogP contribution is -2.23. The summed E-state index contributed by atoms with van der Waals surface area (Å²) in [6.45, 7) is 5.23. The maximum atomic E-state index is 5.16. The van der Waals surface area contributed by atoms with Crippen molar-refractivity contribution in [1.29, 1.82) is 0 Å². The zero-order valence-corrected chi connectivity index (χ0v) is 12.9. The van der Waals surface area contributed by atoms with Crippen molar-refractivity contribution in [2.75, 3.05) is 7.11 Å². The van der Waals surface area contributed by atoms with Gasteiger partial charge < -0.3 is 10.1 Å². The van der Waals surface area contributed by atoms with Crippen molar-refractivity contribution >= 4 is 0 Å². The normalized spacial score (nSPS) is 12.4. The van der Waals surface area contributed by atoms with Crippen molar-refractivity contribution in [1.82, 2.24) is 15.3 Å². The van der Waals surface area contributed by atoms with Gasteiger partial charge in [0.2, 0.25) is 5.88 Å². The van der Waals surface area contributed by atoms with Gasteiger partial charge in [0.05, 0.1) is 12.8 Å². The molecule has 4 heteroatoms. The third-order valence-corrected chi connectivity index (χ3v) is 3.31. The van der Waals surface area contributed by atoms with Crippen molar-refractivity contribution in [2.24, 2.45) is 5.92 Å². The number of ether oxygens (including phenoxy) is 1. The Morgan fingerprint density at radius 3 is 2.67 bits per heavy atom. The van der Waals surface area contributed by atoms with Crippen molar-refractivity contribution in [3.05, 3.63) is 54.0 Å². The lowest BCUT2D eigenvalue weighted by Gasteiger charge is -2.20. The smallest absolute Gasteiger partial charge is 0.213 e. The molecule has 1 N–H and O–H groups in total. The fraction of sp³-hybridized carbons (Fsp3) is 0.412. The minimum atomic E-state index is 0.255. The van der Waals surface area contributed by atoms with Crippen molar-refractivity contribution in [2.45, 2.75) is 32.9 Å². The molecule has 2 rings (SSSR count). The van der Waals surface area contributed by atoms with Crippen LogP contribution in [-0.2, 0) is 6.54 Å². The van der Waals surface area contributed by atoms with Gasteiger partial charge in [-0.2, -0.15) is 0 Å². The van der Waals surface area contributed by atoms with Gasteiger partial charge in [0.25, 0.3) is 0 Å². The molecule has 2 aromatic heterocycles. The second-order valence-corrected chi connectivity index (χ2v) is 5.52. The predicted octanol–water partition coefficient (Wildman–Crippen LogP) is 3.36. The molecule has 0 saturated carbocycles. The molecule has 112 valence electrons. The number of methoxy groups -OCH3 is 1. The summed E-state index contributed by atoms with van der Waals surface area (Å²) in [5.41, 5.74) is 2.25. The van der Waals surface area contributed by atoms with Gasteiger partial charge >= 0.3 is 0 Å². The highest BCUT2D eigenvalue weighted by Gasteiger charge is 2.14. The molecule has 0 spiro atoms. The summed E-state index contributed by atoms with van der Waals surface area (Å²) in [6, 6.07) is 10.3. The molecule has 0 aromatic carbocycles. The van der Waals surface area contributed by atoms with E-state index in [1.54, 1.807) is 13.3 Å². The molecule has 0 bridgehead atoms. The van der Waals surface area contributed by atoms with Crippen molar-refractivity contribution < 1.29 is 4.74 Å². The Morgan fingerprint density at radius 1 is 1.14 bits per heavy atom. The number of rotatable bonds is 7. The quantitative estimate of drug-likeness (QED) is 0.847. The molecular weight excluding hydrogens is 262 g/mol. The first-order valence-corrected chi connectivity index (χ1v) is 7.32. The molecule has 21 heavy (non-hydrogen) atoms. The Labute approximate surface area is 126 Å². The average molecular weight is 285 g/mol. The van der Waals surface area contributed by atoms with E-state index in [0.29, 0.717) is 11.8 Å². The largest absolute Gasteiger partial charge is 0.481 e. The van der Waals surface area contributed by atoms with Crippen molar-refractivity contribution in [3.63, 3.8) is 0 Å². The summed E-state index contributed by atoms with van der Waals surface area (Å²) < 4.78 is 5.16. The number of nitrogens with one attached hydrogen (secondary N) is 1. The van der Waals surface area contributed by atoms with E-state index in [4.69, 9.17) is 4.74 Å². The Balaban J connectivity index is 2.05. The third-order valence-electron chi connectivity index (χ3n) is 3.31. The van der Waals surface area contributed by atoms with E-state index in [2.05, 4.69) is 35.2 Å². The first-order valence-electron chi connectivity index (χ1n) is 7.32. The van der Waals surface area contributed by atoms with E-state index in [-0.39, 0.29) is 6.04 Å². The Bertz CT molecular complexity index is 543. The number of hydrogen-bond donors (Lipinski definition) is 1. The van der Waals surface area contributed by atoms with E-state index in [0.717, 1.165) is 24.2 Å². The van der Waals surface area contributed by atoms with Gasteiger partial charge in [-0.15, -0.1) is 0 Å². The second kappa shape index (κ2) is 7.74. The van der Waals surface area contributed by atoms with Crippen LogP contribution in [0.4, 0.5) is 0 Å². The summed E-state index contributed by atoms with van der Waals surface area (Å²) >= 11 is 0. The molecule has 0 saturated heterocycles. The van der Waals surface area contributed by atoms with E-state index in [9.17, 15) is 0 Å². The van der Waals surface area contributed by atoms with Crippen LogP contribution in [0.2, 0.25) is 0 Å². The Morgan fingerprint density at radius 2 is 2.00 bits per heavy atom. The van der Waals surface area contributed by atoms with Gasteiger partial charge in [-0.25, -0.2) is 4.98 Å². The van der Waals surface area contributed by atoms with Crippen LogP contribution >= 0.6 is 0 Å². The van der Waals surface area contributed by atoms with E-state index in [1.165, 1.54) is 0 Å². The van der Waals surface area contributed by atoms with Crippen LogP contribution in [0.15, 0.2) is 42.7 Å². The molecule has 2 heterocycles. The Kier molecular flexibility index (Phi) is 5.69. The molecule has 0 aliphatic carbocycles.